The highest BCUT2D eigenvalue weighted by Gasteiger charge is 2.29. The maximum Gasteiger partial charge on any atom is 0.243 e. The van der Waals surface area contributed by atoms with Crippen LogP contribution >= 0.6 is 0 Å². The number of hydrogen-bond acceptors (Lipinski definition) is 6. The van der Waals surface area contributed by atoms with Crippen LogP contribution in [0.4, 0.5) is 0 Å². The van der Waals surface area contributed by atoms with E-state index in [1.54, 1.807) is 22.5 Å². The second-order valence-corrected chi connectivity index (χ2v) is 9.66. The lowest BCUT2D eigenvalue weighted by Crippen LogP contribution is -2.49. The van der Waals surface area contributed by atoms with Crippen LogP contribution in [0.15, 0.2) is 41.3 Å². The lowest BCUT2D eigenvalue weighted by atomic mass is 10.1. The number of benzene rings is 2. The number of hydrogen-bond donors (Lipinski definition) is 0. The average Bonchev–Trinajstić information content (AvgIpc) is 2.73. The van der Waals surface area contributed by atoms with Crippen LogP contribution in [0.25, 0.3) is 0 Å². The first-order valence-electron chi connectivity index (χ1n) is 10.2. The van der Waals surface area contributed by atoms with E-state index < -0.39 is 10.0 Å². The molecule has 30 heavy (non-hydrogen) atoms. The monoisotopic (exact) mass is 432 g/mol. The van der Waals surface area contributed by atoms with Crippen LogP contribution in [0, 0.1) is 13.8 Å². The van der Waals surface area contributed by atoms with Crippen molar-refractivity contribution in [2.24, 2.45) is 0 Å². The molecule has 0 bridgehead atoms. The van der Waals surface area contributed by atoms with Crippen molar-refractivity contribution in [1.29, 1.82) is 0 Å². The number of nitrogens with zero attached hydrogens (tertiary/aromatic N) is 2. The number of sulfonamides is 1. The molecule has 4 rings (SSSR count). The summed E-state index contributed by atoms with van der Waals surface area (Å²) in [6.07, 6.45) is 0. The standard InChI is InChI=1S/C22H28N2O5S/c1-17-13-18(2)15-19(14-17)27-10-9-23-5-7-24(8-6-23)30(25,26)20-3-4-21-22(16-20)29-12-11-28-21/h3-4,13-16H,5-12H2,1-2H3. The zero-order chi connectivity index (χ0) is 21.1. The van der Waals surface area contributed by atoms with Gasteiger partial charge in [0.2, 0.25) is 10.0 Å². The molecule has 0 spiro atoms. The third-order valence-electron chi connectivity index (χ3n) is 5.35. The average molecular weight is 433 g/mol. The van der Waals surface area contributed by atoms with Crippen LogP contribution in [0.5, 0.6) is 17.2 Å². The van der Waals surface area contributed by atoms with Crippen LogP contribution < -0.4 is 14.2 Å². The molecular formula is C22H28N2O5S. The highest BCUT2D eigenvalue weighted by molar-refractivity contribution is 7.89. The lowest BCUT2D eigenvalue weighted by molar-refractivity contribution is 0.158. The van der Waals surface area contributed by atoms with Gasteiger partial charge in [0.25, 0.3) is 0 Å². The molecule has 0 aromatic heterocycles. The molecule has 0 atom stereocenters. The highest BCUT2D eigenvalue weighted by Crippen LogP contribution is 2.33. The molecule has 8 heteroatoms. The summed E-state index contributed by atoms with van der Waals surface area (Å²) in [5.41, 5.74) is 2.37. The van der Waals surface area contributed by atoms with Gasteiger partial charge in [0.15, 0.2) is 11.5 Å². The summed E-state index contributed by atoms with van der Waals surface area (Å²) in [5, 5.41) is 0. The van der Waals surface area contributed by atoms with Crippen molar-refractivity contribution in [1.82, 2.24) is 9.21 Å². The molecule has 0 amide bonds. The van der Waals surface area contributed by atoms with Gasteiger partial charge in [-0.3, -0.25) is 4.90 Å². The molecule has 0 unspecified atom stereocenters. The maximum atomic E-state index is 13.0. The van der Waals surface area contributed by atoms with Crippen molar-refractivity contribution >= 4 is 10.0 Å². The molecule has 0 radical (unpaired) electrons. The smallest absolute Gasteiger partial charge is 0.243 e. The molecule has 2 aliphatic rings. The molecule has 2 aliphatic heterocycles. The fourth-order valence-corrected chi connectivity index (χ4v) is 5.27. The molecule has 2 heterocycles. The molecule has 7 nitrogen and oxygen atoms in total. The van der Waals surface area contributed by atoms with Crippen LogP contribution in [0.3, 0.4) is 0 Å². The van der Waals surface area contributed by atoms with E-state index in [9.17, 15) is 8.42 Å². The number of rotatable bonds is 6. The summed E-state index contributed by atoms with van der Waals surface area (Å²) < 4.78 is 44.5. The number of ether oxygens (including phenoxy) is 3. The molecule has 1 fully saturated rings. The predicted molar refractivity (Wildman–Crippen MR) is 114 cm³/mol. The lowest BCUT2D eigenvalue weighted by Gasteiger charge is -2.34. The van der Waals surface area contributed by atoms with E-state index in [0.717, 1.165) is 12.3 Å². The second-order valence-electron chi connectivity index (χ2n) is 7.72. The molecule has 1 saturated heterocycles. The summed E-state index contributed by atoms with van der Waals surface area (Å²) >= 11 is 0. The van der Waals surface area contributed by atoms with Gasteiger partial charge in [0.05, 0.1) is 4.90 Å². The Morgan fingerprint density at radius 1 is 0.900 bits per heavy atom. The number of aryl methyl sites for hydroxylation is 2. The predicted octanol–water partition coefficient (Wildman–Crippen LogP) is 2.46. The van der Waals surface area contributed by atoms with Crippen molar-refractivity contribution < 1.29 is 22.6 Å². The summed E-state index contributed by atoms with van der Waals surface area (Å²) in [6.45, 7) is 8.65. The van der Waals surface area contributed by atoms with Crippen molar-refractivity contribution in [3.63, 3.8) is 0 Å². The Morgan fingerprint density at radius 2 is 1.57 bits per heavy atom. The quantitative estimate of drug-likeness (QED) is 0.699. The fourth-order valence-electron chi connectivity index (χ4n) is 3.84. The Hall–Kier alpha value is -2.29. The van der Waals surface area contributed by atoms with Gasteiger partial charge in [0.1, 0.15) is 25.6 Å². The van der Waals surface area contributed by atoms with Crippen molar-refractivity contribution in [2.75, 3.05) is 52.5 Å². The van der Waals surface area contributed by atoms with Crippen LogP contribution in [-0.4, -0.2) is 70.2 Å². The van der Waals surface area contributed by atoms with Crippen LogP contribution in [-0.2, 0) is 10.0 Å². The Bertz CT molecular complexity index is 980. The maximum absolute atomic E-state index is 13.0. The minimum absolute atomic E-state index is 0.248. The third-order valence-corrected chi connectivity index (χ3v) is 7.25. The highest BCUT2D eigenvalue weighted by atomic mass is 32.2. The van der Waals surface area contributed by atoms with Crippen LogP contribution in [0.1, 0.15) is 11.1 Å². The van der Waals surface area contributed by atoms with Gasteiger partial charge in [-0.05, 0) is 49.2 Å². The molecule has 162 valence electrons. The van der Waals surface area contributed by atoms with Crippen molar-refractivity contribution in [2.45, 2.75) is 18.7 Å². The molecule has 0 saturated carbocycles. The van der Waals surface area contributed by atoms with E-state index >= 15 is 0 Å². The third kappa shape index (κ3) is 4.71. The summed E-state index contributed by atoms with van der Waals surface area (Å²) in [5.74, 6) is 1.96. The first kappa shape index (κ1) is 21.0. The fraction of sp³-hybridized carbons (Fsp3) is 0.455. The Balaban J connectivity index is 1.30. The molecule has 0 aliphatic carbocycles. The first-order valence-corrected chi connectivity index (χ1v) is 11.7. The largest absolute Gasteiger partial charge is 0.492 e. The van der Waals surface area contributed by atoms with E-state index in [-0.39, 0.29) is 4.90 Å². The minimum atomic E-state index is -3.55. The summed E-state index contributed by atoms with van der Waals surface area (Å²) in [7, 11) is -3.55. The number of piperazine rings is 1. The van der Waals surface area contributed by atoms with Gasteiger partial charge in [0, 0.05) is 38.8 Å². The van der Waals surface area contributed by atoms with Gasteiger partial charge in [-0.15, -0.1) is 0 Å². The normalized spacial score (nSPS) is 17.7. The van der Waals surface area contributed by atoms with Crippen LogP contribution in [0.2, 0.25) is 0 Å². The summed E-state index contributed by atoms with van der Waals surface area (Å²) in [4.78, 5) is 2.48. The zero-order valence-electron chi connectivity index (χ0n) is 17.5. The van der Waals surface area contributed by atoms with E-state index in [0.29, 0.717) is 57.5 Å². The number of fused-ring (bicyclic) bond motifs is 1. The molecule has 2 aromatic rings. The topological polar surface area (TPSA) is 68.3 Å². The Morgan fingerprint density at radius 3 is 2.27 bits per heavy atom. The molecular weight excluding hydrogens is 404 g/mol. The Kier molecular flexibility index (Phi) is 6.17. The first-order chi connectivity index (χ1) is 14.4. The molecule has 0 N–H and O–H groups in total. The van der Waals surface area contributed by atoms with E-state index in [1.807, 2.05) is 12.1 Å². The Labute approximate surface area is 178 Å². The van der Waals surface area contributed by atoms with Gasteiger partial charge in [-0.25, -0.2) is 8.42 Å². The van der Waals surface area contributed by atoms with E-state index in [1.165, 1.54) is 11.1 Å². The van der Waals surface area contributed by atoms with E-state index in [2.05, 4.69) is 24.8 Å². The zero-order valence-corrected chi connectivity index (χ0v) is 18.3. The van der Waals surface area contributed by atoms with Crippen molar-refractivity contribution in [3.05, 3.63) is 47.5 Å². The summed E-state index contributed by atoms with van der Waals surface area (Å²) in [6, 6.07) is 11.0. The second kappa shape index (κ2) is 8.83. The van der Waals surface area contributed by atoms with E-state index in [4.69, 9.17) is 14.2 Å². The van der Waals surface area contributed by atoms with Gasteiger partial charge >= 0.3 is 0 Å². The van der Waals surface area contributed by atoms with Gasteiger partial charge < -0.3 is 14.2 Å². The SMILES string of the molecule is Cc1cc(C)cc(OCCN2CCN(S(=O)(=O)c3ccc4c(c3)OCCO4)CC2)c1. The van der Waals surface area contributed by atoms with Crippen molar-refractivity contribution in [3.8, 4) is 17.2 Å². The minimum Gasteiger partial charge on any atom is -0.492 e. The molecule has 2 aromatic carbocycles. The van der Waals surface area contributed by atoms with Gasteiger partial charge in [-0.1, -0.05) is 6.07 Å². The van der Waals surface area contributed by atoms with Gasteiger partial charge in [-0.2, -0.15) is 4.31 Å².